The highest BCUT2D eigenvalue weighted by Crippen LogP contribution is 2.25. The summed E-state index contributed by atoms with van der Waals surface area (Å²) in [6, 6.07) is 7.80. The molecule has 1 aromatic heterocycles. The average molecular weight is 278 g/mol. The Balaban J connectivity index is 2.00. The summed E-state index contributed by atoms with van der Waals surface area (Å²) >= 11 is 0. The summed E-state index contributed by atoms with van der Waals surface area (Å²) in [6.45, 7) is 9.34. The predicted molar refractivity (Wildman–Crippen MR) is 88.2 cm³/mol. The van der Waals surface area contributed by atoms with Crippen LogP contribution in [0.5, 0.6) is 0 Å². The lowest BCUT2D eigenvalue weighted by Gasteiger charge is -2.29. The molecule has 21 heavy (non-hydrogen) atoms. The maximum absolute atomic E-state index is 6.06. The van der Waals surface area contributed by atoms with Gasteiger partial charge in [-0.25, -0.2) is 4.98 Å². The number of benzene rings is 1. The minimum Gasteiger partial charge on any atom is -0.383 e. The Hall–Kier alpha value is -2.62. The van der Waals surface area contributed by atoms with E-state index in [4.69, 9.17) is 5.73 Å². The molecule has 3 rings (SSSR count). The number of nitrogens with zero attached hydrogens (tertiary/aromatic N) is 3. The molecule has 1 aromatic carbocycles. The van der Waals surface area contributed by atoms with Crippen LogP contribution < -0.4 is 10.6 Å². The second-order valence-corrected chi connectivity index (χ2v) is 5.06. The lowest BCUT2D eigenvalue weighted by atomic mass is 10.0. The van der Waals surface area contributed by atoms with Crippen LogP contribution in [0, 0.1) is 0 Å². The topological polar surface area (TPSA) is 55.0 Å². The number of aromatic nitrogens is 2. The van der Waals surface area contributed by atoms with Crippen LogP contribution in [-0.2, 0) is 0 Å². The van der Waals surface area contributed by atoms with Crippen molar-refractivity contribution in [2.75, 3.05) is 23.7 Å². The van der Waals surface area contributed by atoms with Crippen molar-refractivity contribution in [3.05, 3.63) is 60.7 Å². The van der Waals surface area contributed by atoms with E-state index >= 15 is 0 Å². The van der Waals surface area contributed by atoms with Gasteiger partial charge in [-0.2, -0.15) is 4.98 Å². The first kappa shape index (κ1) is 13.4. The first-order valence-corrected chi connectivity index (χ1v) is 6.97. The molecule has 4 nitrogen and oxygen atoms in total. The van der Waals surface area contributed by atoms with E-state index in [9.17, 15) is 0 Å². The molecule has 0 atom stereocenters. The van der Waals surface area contributed by atoms with Gasteiger partial charge in [0.05, 0.1) is 5.52 Å². The number of nitrogen functional groups attached to an aromatic ring is 1. The Labute approximate surface area is 124 Å². The molecule has 0 radical (unpaired) electrons. The molecule has 1 aliphatic heterocycles. The molecule has 2 heterocycles. The Morgan fingerprint density at radius 2 is 1.86 bits per heavy atom. The number of fused-ring (bicyclic) bond motifs is 1. The van der Waals surface area contributed by atoms with Crippen molar-refractivity contribution in [3.8, 4) is 0 Å². The Morgan fingerprint density at radius 3 is 2.62 bits per heavy atom. The van der Waals surface area contributed by atoms with Gasteiger partial charge in [0.15, 0.2) is 0 Å². The molecule has 1 aliphatic rings. The third kappa shape index (κ3) is 2.40. The zero-order valence-corrected chi connectivity index (χ0v) is 11.9. The number of rotatable bonds is 3. The van der Waals surface area contributed by atoms with Gasteiger partial charge in [-0.15, -0.1) is 0 Å². The standard InChI is InChI=1S/C17H18N4/c1-3-12-9-10-21(11-13(12)4-2)17-19-15-8-6-5-7-14(15)16(18)20-17/h3-8H,1-2,9-11H2,(H2,18,19,20). The fourth-order valence-corrected chi connectivity index (χ4v) is 2.63. The Morgan fingerprint density at radius 1 is 1.10 bits per heavy atom. The molecule has 4 heteroatoms. The molecule has 0 saturated carbocycles. The lowest BCUT2D eigenvalue weighted by Crippen LogP contribution is -2.32. The Kier molecular flexibility index (Phi) is 3.44. The van der Waals surface area contributed by atoms with Crippen molar-refractivity contribution < 1.29 is 0 Å². The number of hydrogen-bond donors (Lipinski definition) is 1. The van der Waals surface area contributed by atoms with Gasteiger partial charge in [0.2, 0.25) is 5.95 Å². The molecular weight excluding hydrogens is 260 g/mol. The van der Waals surface area contributed by atoms with Crippen LogP contribution in [0.4, 0.5) is 11.8 Å². The Bertz CT molecular complexity index is 746. The van der Waals surface area contributed by atoms with E-state index in [0.717, 1.165) is 30.4 Å². The first-order valence-electron chi connectivity index (χ1n) is 6.97. The number of nitrogens with two attached hydrogens (primary N) is 1. The van der Waals surface area contributed by atoms with Crippen molar-refractivity contribution in [3.63, 3.8) is 0 Å². The van der Waals surface area contributed by atoms with Gasteiger partial charge in [0.1, 0.15) is 5.82 Å². The van der Waals surface area contributed by atoms with Gasteiger partial charge in [-0.05, 0) is 29.7 Å². The third-order valence-electron chi connectivity index (χ3n) is 3.82. The maximum Gasteiger partial charge on any atom is 0.228 e. The van der Waals surface area contributed by atoms with E-state index < -0.39 is 0 Å². The summed E-state index contributed by atoms with van der Waals surface area (Å²) in [4.78, 5) is 11.2. The maximum atomic E-state index is 6.06. The van der Waals surface area contributed by atoms with Crippen LogP contribution in [0.1, 0.15) is 6.42 Å². The fraction of sp³-hybridized carbons (Fsp3) is 0.176. The second-order valence-electron chi connectivity index (χ2n) is 5.06. The van der Waals surface area contributed by atoms with Crippen molar-refractivity contribution in [1.29, 1.82) is 0 Å². The minimum absolute atomic E-state index is 0.522. The molecule has 0 saturated heterocycles. The summed E-state index contributed by atoms with van der Waals surface area (Å²) in [5, 5.41) is 0.893. The van der Waals surface area contributed by atoms with E-state index in [2.05, 4.69) is 28.0 Å². The zero-order chi connectivity index (χ0) is 14.8. The fourth-order valence-electron chi connectivity index (χ4n) is 2.63. The number of hydrogen-bond acceptors (Lipinski definition) is 4. The molecular formula is C17H18N4. The molecule has 2 N–H and O–H groups in total. The lowest BCUT2D eigenvalue weighted by molar-refractivity contribution is 0.757. The average Bonchev–Trinajstić information content (AvgIpc) is 2.54. The molecule has 106 valence electrons. The van der Waals surface area contributed by atoms with Gasteiger partial charge in [-0.1, -0.05) is 37.4 Å². The van der Waals surface area contributed by atoms with Crippen molar-refractivity contribution in [2.24, 2.45) is 0 Å². The van der Waals surface area contributed by atoms with Gasteiger partial charge in [-0.3, -0.25) is 0 Å². The second kappa shape index (κ2) is 5.40. The molecule has 0 spiro atoms. The quantitative estimate of drug-likeness (QED) is 0.937. The zero-order valence-electron chi connectivity index (χ0n) is 11.9. The largest absolute Gasteiger partial charge is 0.383 e. The molecule has 0 bridgehead atoms. The van der Waals surface area contributed by atoms with E-state index in [0.29, 0.717) is 11.8 Å². The number of para-hydroxylation sites is 1. The van der Waals surface area contributed by atoms with Crippen LogP contribution in [0.25, 0.3) is 10.9 Å². The first-order chi connectivity index (χ1) is 10.2. The molecule has 0 amide bonds. The van der Waals surface area contributed by atoms with Gasteiger partial charge in [0, 0.05) is 18.5 Å². The van der Waals surface area contributed by atoms with Crippen LogP contribution in [0.2, 0.25) is 0 Å². The summed E-state index contributed by atoms with van der Waals surface area (Å²) in [5.41, 5.74) is 9.35. The van der Waals surface area contributed by atoms with Gasteiger partial charge < -0.3 is 10.6 Å². The van der Waals surface area contributed by atoms with E-state index in [1.54, 1.807) is 0 Å². The minimum atomic E-state index is 0.522. The van der Waals surface area contributed by atoms with Crippen LogP contribution in [-0.4, -0.2) is 23.1 Å². The smallest absolute Gasteiger partial charge is 0.228 e. The SMILES string of the molecule is C=CC1=C(C=C)CN(c2nc(N)c3ccccc3n2)CC1. The van der Waals surface area contributed by atoms with Crippen LogP contribution >= 0.6 is 0 Å². The summed E-state index contributed by atoms with van der Waals surface area (Å²) < 4.78 is 0. The normalized spacial score (nSPS) is 15.3. The van der Waals surface area contributed by atoms with Crippen LogP contribution in [0.3, 0.4) is 0 Å². The third-order valence-corrected chi connectivity index (χ3v) is 3.82. The highest BCUT2D eigenvalue weighted by Gasteiger charge is 2.19. The van der Waals surface area contributed by atoms with Crippen molar-refractivity contribution in [1.82, 2.24) is 9.97 Å². The van der Waals surface area contributed by atoms with Crippen molar-refractivity contribution in [2.45, 2.75) is 6.42 Å². The molecule has 0 fully saturated rings. The predicted octanol–water partition coefficient (Wildman–Crippen LogP) is 3.09. The van der Waals surface area contributed by atoms with E-state index in [1.807, 2.05) is 36.4 Å². The summed E-state index contributed by atoms with van der Waals surface area (Å²) in [7, 11) is 0. The number of allylic oxidation sites excluding steroid dienone is 1. The van der Waals surface area contributed by atoms with Crippen molar-refractivity contribution >= 4 is 22.7 Å². The summed E-state index contributed by atoms with van der Waals surface area (Å²) in [6.07, 6.45) is 4.71. The summed E-state index contributed by atoms with van der Waals surface area (Å²) in [5.74, 6) is 1.20. The highest BCUT2D eigenvalue weighted by atomic mass is 15.3. The monoisotopic (exact) mass is 278 g/mol. The van der Waals surface area contributed by atoms with Gasteiger partial charge >= 0.3 is 0 Å². The molecule has 2 aromatic rings. The highest BCUT2D eigenvalue weighted by molar-refractivity contribution is 5.88. The number of anilines is 2. The molecule has 0 unspecified atom stereocenters. The molecule has 0 aliphatic carbocycles. The van der Waals surface area contributed by atoms with E-state index in [-0.39, 0.29) is 0 Å². The van der Waals surface area contributed by atoms with Gasteiger partial charge in [0.25, 0.3) is 0 Å². The van der Waals surface area contributed by atoms with Crippen LogP contribution in [0.15, 0.2) is 60.7 Å². The van der Waals surface area contributed by atoms with E-state index in [1.165, 1.54) is 11.1 Å².